The van der Waals surface area contributed by atoms with Crippen LogP contribution in [0.25, 0.3) is 0 Å². The minimum atomic E-state index is -4.15. The van der Waals surface area contributed by atoms with E-state index in [1.165, 1.54) is 38.5 Å². The van der Waals surface area contributed by atoms with Crippen molar-refractivity contribution in [3.8, 4) is 5.88 Å². The monoisotopic (exact) mass is 613 g/mol. The molecule has 0 aromatic carbocycles. The first-order valence-electron chi connectivity index (χ1n) is 16.2. The Hall–Kier alpha value is -1.05. The first-order valence-corrected chi connectivity index (χ1v) is 17.1. The topological polar surface area (TPSA) is 78.4 Å². The summed E-state index contributed by atoms with van der Waals surface area (Å²) in [6, 6.07) is 2.37. The maximum Gasteiger partial charge on any atom is 0.394 e. The van der Waals surface area contributed by atoms with Crippen LogP contribution in [0.3, 0.4) is 0 Å². The molecule has 42 heavy (non-hydrogen) atoms. The average molecular weight is 614 g/mol. The number of halogens is 3. The zero-order valence-corrected chi connectivity index (χ0v) is 26.0. The minimum Gasteiger partial charge on any atom is -0.477 e. The molecular weight excluding hydrogens is 563 g/mol. The molecule has 4 N–H and O–H groups in total. The molecule has 8 nitrogen and oxygen atoms in total. The molecule has 7 rings (SSSR count). The molecule has 7 unspecified atom stereocenters. The number of rotatable bonds is 5. The van der Waals surface area contributed by atoms with Crippen LogP contribution in [0.4, 0.5) is 13.2 Å². The highest BCUT2D eigenvalue weighted by Crippen LogP contribution is 2.59. The van der Waals surface area contributed by atoms with Crippen LogP contribution < -0.4 is 25.4 Å². The normalized spacial score (nSPS) is 37.1. The number of fused-ring (bicyclic) bond motifs is 8. The van der Waals surface area contributed by atoms with Crippen LogP contribution in [0.1, 0.15) is 90.6 Å². The summed E-state index contributed by atoms with van der Waals surface area (Å²) < 4.78 is 51.3. The second-order valence-electron chi connectivity index (χ2n) is 14.1. The van der Waals surface area contributed by atoms with E-state index in [9.17, 15) is 13.2 Å². The summed E-state index contributed by atoms with van der Waals surface area (Å²) >= 11 is 1.85. The van der Waals surface area contributed by atoms with Gasteiger partial charge < -0.3 is 15.4 Å². The van der Waals surface area contributed by atoms with Gasteiger partial charge in [-0.3, -0.25) is 19.6 Å². The summed E-state index contributed by atoms with van der Waals surface area (Å²) in [5.74, 6) is 1.57. The average Bonchev–Trinajstić information content (AvgIpc) is 3.50. The lowest BCUT2D eigenvalue weighted by molar-refractivity contribution is -0.190. The lowest BCUT2D eigenvalue weighted by Crippen LogP contribution is -2.60. The summed E-state index contributed by atoms with van der Waals surface area (Å²) in [6.45, 7) is 9.03. The smallest absolute Gasteiger partial charge is 0.394 e. The fraction of sp³-hybridized carbons (Fsp3) is 0.900. The standard InChI is InChI=1S/C30H50F3N7OS/c1-28(2)17-21-5-3-4-14-34-23-7-9-26(35-19-23)42-36-18-22-6-8-24(37-27(22)39(28)20-21)40-15-10-25(38-40)41-16-13-29(11-12-29)30(31,32)33/h10,15,21-24,26-27,34-37H,3-9,11-14,16-20H2,1-2H3. The van der Waals surface area contributed by atoms with Gasteiger partial charge in [0.25, 0.3) is 0 Å². The van der Waals surface area contributed by atoms with Gasteiger partial charge in [0, 0.05) is 49.4 Å². The molecule has 5 aliphatic heterocycles. The van der Waals surface area contributed by atoms with Crippen LogP contribution in [0.2, 0.25) is 0 Å². The van der Waals surface area contributed by atoms with Gasteiger partial charge in [-0.2, -0.15) is 13.2 Å². The van der Waals surface area contributed by atoms with E-state index in [2.05, 4.69) is 44.5 Å². The molecule has 6 fully saturated rings. The third-order valence-corrected chi connectivity index (χ3v) is 11.6. The van der Waals surface area contributed by atoms with Crippen LogP contribution in [0, 0.1) is 17.3 Å². The van der Waals surface area contributed by atoms with Gasteiger partial charge in [-0.25, -0.2) is 0 Å². The van der Waals surface area contributed by atoms with E-state index >= 15 is 0 Å². The number of nitrogens with zero attached hydrogens (tertiary/aromatic N) is 3. The highest BCUT2D eigenvalue weighted by atomic mass is 32.2. The second-order valence-corrected chi connectivity index (χ2v) is 15.2. The summed E-state index contributed by atoms with van der Waals surface area (Å²) in [5.41, 5.74) is -1.44. The summed E-state index contributed by atoms with van der Waals surface area (Å²) in [5, 5.41) is 16.6. The number of nitrogens with one attached hydrogen (secondary N) is 4. The Morgan fingerprint density at radius 2 is 1.93 bits per heavy atom. The van der Waals surface area contributed by atoms with Crippen LogP contribution in [0.5, 0.6) is 5.88 Å². The summed E-state index contributed by atoms with van der Waals surface area (Å²) in [4.78, 5) is 2.72. The van der Waals surface area contributed by atoms with Gasteiger partial charge in [0.1, 0.15) is 6.17 Å². The molecule has 0 spiro atoms. The maximum absolute atomic E-state index is 13.3. The fourth-order valence-electron chi connectivity index (χ4n) is 7.78. The zero-order valence-electron chi connectivity index (χ0n) is 25.2. The van der Waals surface area contributed by atoms with Gasteiger partial charge in [0.05, 0.1) is 23.6 Å². The highest BCUT2D eigenvalue weighted by Gasteiger charge is 2.62. The number of hydrogen-bond donors (Lipinski definition) is 4. The fourth-order valence-corrected chi connectivity index (χ4v) is 8.73. The Kier molecular flexibility index (Phi) is 9.40. The molecule has 12 heteroatoms. The molecule has 1 aliphatic carbocycles. The summed E-state index contributed by atoms with van der Waals surface area (Å²) in [7, 11) is 0. The molecule has 0 radical (unpaired) electrons. The Morgan fingerprint density at radius 3 is 2.69 bits per heavy atom. The first-order chi connectivity index (χ1) is 20.1. The van der Waals surface area contributed by atoms with E-state index in [1.807, 2.05) is 22.8 Å². The summed E-state index contributed by atoms with van der Waals surface area (Å²) in [6.07, 6.45) is 7.82. The van der Waals surface area contributed by atoms with Crippen LogP contribution in [-0.2, 0) is 0 Å². The second kappa shape index (κ2) is 12.7. The molecule has 5 saturated heterocycles. The lowest BCUT2D eigenvalue weighted by atomic mass is 9.90. The van der Waals surface area contributed by atoms with Crippen molar-refractivity contribution in [3.05, 3.63) is 12.3 Å². The molecule has 1 aromatic heterocycles. The Bertz CT molecular complexity index is 1030. The van der Waals surface area contributed by atoms with Crippen molar-refractivity contribution in [2.24, 2.45) is 17.3 Å². The lowest BCUT2D eigenvalue weighted by Gasteiger charge is -2.47. The van der Waals surface area contributed by atoms with E-state index in [1.54, 1.807) is 6.07 Å². The Labute approximate surface area is 253 Å². The molecule has 1 saturated carbocycles. The number of alkyl halides is 3. The number of hydrogen-bond acceptors (Lipinski definition) is 8. The van der Waals surface area contributed by atoms with E-state index in [-0.39, 0.29) is 43.7 Å². The molecule has 0 amide bonds. The third kappa shape index (κ3) is 7.09. The van der Waals surface area contributed by atoms with Crippen LogP contribution in [-0.4, -0.2) is 76.8 Å². The van der Waals surface area contributed by atoms with Crippen molar-refractivity contribution >= 4 is 11.9 Å². The van der Waals surface area contributed by atoms with Crippen molar-refractivity contribution in [3.63, 3.8) is 0 Å². The van der Waals surface area contributed by atoms with Gasteiger partial charge in [-0.15, -0.1) is 5.10 Å². The minimum absolute atomic E-state index is 0.00150. The van der Waals surface area contributed by atoms with Crippen molar-refractivity contribution in [2.45, 2.75) is 120 Å². The molecule has 1 aromatic rings. The maximum atomic E-state index is 13.3. The van der Waals surface area contributed by atoms with Crippen molar-refractivity contribution in [1.29, 1.82) is 0 Å². The van der Waals surface area contributed by atoms with Gasteiger partial charge in [0.15, 0.2) is 0 Å². The van der Waals surface area contributed by atoms with Crippen molar-refractivity contribution in [1.82, 2.24) is 35.4 Å². The molecule has 6 aliphatic rings. The molecule has 4 bridgehead atoms. The predicted octanol–water partition coefficient (Wildman–Crippen LogP) is 5.01. The van der Waals surface area contributed by atoms with Gasteiger partial charge >= 0.3 is 6.18 Å². The zero-order chi connectivity index (χ0) is 29.4. The molecule has 6 heterocycles. The molecular formula is C30H50F3N7OS. The van der Waals surface area contributed by atoms with E-state index in [0.29, 0.717) is 29.1 Å². The number of aromatic nitrogens is 2. The first kappa shape index (κ1) is 31.0. The van der Waals surface area contributed by atoms with Gasteiger partial charge in [0.2, 0.25) is 5.88 Å². The quantitative estimate of drug-likeness (QED) is 0.346. The van der Waals surface area contributed by atoms with Crippen LogP contribution in [0.15, 0.2) is 12.3 Å². The van der Waals surface area contributed by atoms with E-state index in [0.717, 1.165) is 39.0 Å². The van der Waals surface area contributed by atoms with Crippen LogP contribution >= 0.6 is 11.9 Å². The predicted molar refractivity (Wildman–Crippen MR) is 160 cm³/mol. The van der Waals surface area contributed by atoms with Gasteiger partial charge in [-0.1, -0.05) is 18.4 Å². The Balaban J connectivity index is 1.11. The third-order valence-electron chi connectivity index (χ3n) is 10.6. The van der Waals surface area contributed by atoms with Gasteiger partial charge in [-0.05, 0) is 90.5 Å². The SMILES string of the molecule is CC1(C)CC2CCCCNC3CCC(NC3)SNCC3CCC(n4ccc(OCCC5(C(F)(F)F)CC5)n4)NC3N1C2. The van der Waals surface area contributed by atoms with Crippen molar-refractivity contribution < 1.29 is 17.9 Å². The van der Waals surface area contributed by atoms with Crippen molar-refractivity contribution in [2.75, 3.05) is 32.8 Å². The van der Waals surface area contributed by atoms with E-state index < -0.39 is 11.6 Å². The largest absolute Gasteiger partial charge is 0.477 e. The Morgan fingerprint density at radius 1 is 1.07 bits per heavy atom. The number of piperidine rings is 2. The molecule has 7 atom stereocenters. The number of ether oxygens (including phenoxy) is 1. The highest BCUT2D eigenvalue weighted by molar-refractivity contribution is 7.98. The molecule has 238 valence electrons. The van der Waals surface area contributed by atoms with E-state index in [4.69, 9.17) is 4.74 Å².